The fraction of sp³-hybridized carbons (Fsp3) is 0.167. The van der Waals surface area contributed by atoms with Crippen LogP contribution in [0, 0.1) is 0 Å². The van der Waals surface area contributed by atoms with E-state index in [1.165, 1.54) is 0 Å². The van der Waals surface area contributed by atoms with Gasteiger partial charge in [-0.15, -0.1) is 0 Å². The van der Waals surface area contributed by atoms with Crippen LogP contribution in [0.4, 0.5) is 17.3 Å². The number of anilines is 3. The lowest BCUT2D eigenvalue weighted by molar-refractivity contribution is 0.415. The van der Waals surface area contributed by atoms with Gasteiger partial charge in [0.2, 0.25) is 0 Å². The van der Waals surface area contributed by atoms with Gasteiger partial charge in [-0.2, -0.15) is 0 Å². The number of nitrogens with one attached hydrogen (secondary N) is 2. The highest BCUT2D eigenvalue weighted by atomic mass is 35.5. The van der Waals surface area contributed by atoms with E-state index in [0.29, 0.717) is 16.7 Å². The van der Waals surface area contributed by atoms with Crippen molar-refractivity contribution in [3.8, 4) is 5.75 Å². The Morgan fingerprint density at radius 1 is 1.22 bits per heavy atom. The molecule has 2 rings (SSSR count). The van der Waals surface area contributed by atoms with Crippen molar-refractivity contribution in [3.63, 3.8) is 0 Å². The molecule has 0 fully saturated rings. The molecule has 0 amide bonds. The quantitative estimate of drug-likeness (QED) is 0.889. The molecule has 0 aliphatic carbocycles. The Morgan fingerprint density at radius 2 is 2.00 bits per heavy atom. The zero-order valence-corrected chi connectivity index (χ0v) is 10.8. The molecule has 2 aromatic rings. The number of hydrogen-bond acceptors (Lipinski definition) is 5. The predicted octanol–water partition coefficient (Wildman–Crippen LogP) is 2.92. The number of ether oxygens (including phenoxy) is 1. The maximum atomic E-state index is 6.09. The summed E-state index contributed by atoms with van der Waals surface area (Å²) in [7, 11) is 3.39. The van der Waals surface area contributed by atoms with Crippen molar-refractivity contribution in [2.24, 2.45) is 0 Å². The molecule has 0 radical (unpaired) electrons. The highest BCUT2D eigenvalue weighted by Gasteiger charge is 2.04. The topological polar surface area (TPSA) is 59.1 Å². The van der Waals surface area contributed by atoms with Crippen molar-refractivity contribution in [2.45, 2.75) is 0 Å². The standard InChI is InChI=1S/C12H13ClN4O/c1-14-11-6-15-7-12(17-11)16-10-5-8(18-2)3-4-9(10)13/h3-7H,1-2H3,(H2,14,16,17). The Hall–Kier alpha value is -2.01. The van der Waals surface area contributed by atoms with Crippen LogP contribution in [0.15, 0.2) is 30.6 Å². The number of halogens is 1. The van der Waals surface area contributed by atoms with Gasteiger partial charge < -0.3 is 15.4 Å². The molecule has 0 bridgehead atoms. The normalized spacial score (nSPS) is 9.94. The van der Waals surface area contributed by atoms with Gasteiger partial charge in [0, 0.05) is 13.1 Å². The summed E-state index contributed by atoms with van der Waals surface area (Å²) in [6.07, 6.45) is 3.26. The molecule has 0 atom stereocenters. The molecule has 5 nitrogen and oxygen atoms in total. The first kappa shape index (κ1) is 12.4. The van der Waals surface area contributed by atoms with Gasteiger partial charge in [0.05, 0.1) is 30.2 Å². The van der Waals surface area contributed by atoms with Crippen LogP contribution < -0.4 is 15.4 Å². The average molecular weight is 265 g/mol. The molecule has 2 N–H and O–H groups in total. The molecule has 18 heavy (non-hydrogen) atoms. The summed E-state index contributed by atoms with van der Waals surface area (Å²) in [5, 5.41) is 6.61. The summed E-state index contributed by atoms with van der Waals surface area (Å²) in [5.41, 5.74) is 0.721. The molecule has 1 aromatic carbocycles. The average Bonchev–Trinajstić information content (AvgIpc) is 2.41. The smallest absolute Gasteiger partial charge is 0.151 e. The van der Waals surface area contributed by atoms with Gasteiger partial charge in [-0.05, 0) is 12.1 Å². The van der Waals surface area contributed by atoms with E-state index in [2.05, 4.69) is 20.6 Å². The molecule has 0 saturated heterocycles. The van der Waals surface area contributed by atoms with Crippen molar-refractivity contribution >= 4 is 28.9 Å². The number of rotatable bonds is 4. The Kier molecular flexibility index (Phi) is 3.84. The van der Waals surface area contributed by atoms with Crippen LogP contribution in [-0.2, 0) is 0 Å². The minimum absolute atomic E-state index is 0.590. The predicted molar refractivity (Wildman–Crippen MR) is 72.9 cm³/mol. The molecule has 0 saturated carbocycles. The van der Waals surface area contributed by atoms with Gasteiger partial charge in [-0.3, -0.25) is 4.98 Å². The van der Waals surface area contributed by atoms with E-state index >= 15 is 0 Å². The zero-order valence-electron chi connectivity index (χ0n) is 10.1. The second-order valence-corrected chi connectivity index (χ2v) is 3.92. The third-order valence-corrected chi connectivity index (χ3v) is 2.66. The molecular formula is C12H13ClN4O. The lowest BCUT2D eigenvalue weighted by Crippen LogP contribution is -1.99. The fourth-order valence-electron chi connectivity index (χ4n) is 1.41. The van der Waals surface area contributed by atoms with Crippen LogP contribution in [0.1, 0.15) is 0 Å². The van der Waals surface area contributed by atoms with E-state index in [9.17, 15) is 0 Å². The number of methoxy groups -OCH3 is 1. The zero-order chi connectivity index (χ0) is 13.0. The third kappa shape index (κ3) is 2.81. The minimum atomic E-state index is 0.590. The molecular weight excluding hydrogens is 252 g/mol. The lowest BCUT2D eigenvalue weighted by Gasteiger charge is -2.09. The van der Waals surface area contributed by atoms with E-state index in [1.54, 1.807) is 44.8 Å². The van der Waals surface area contributed by atoms with E-state index in [0.717, 1.165) is 11.4 Å². The number of benzene rings is 1. The van der Waals surface area contributed by atoms with Gasteiger partial charge >= 0.3 is 0 Å². The summed E-state index contributed by atoms with van der Waals surface area (Å²) >= 11 is 6.09. The first-order chi connectivity index (χ1) is 8.72. The summed E-state index contributed by atoms with van der Waals surface area (Å²) in [5.74, 6) is 2.01. The van der Waals surface area contributed by atoms with Crippen molar-refractivity contribution in [1.29, 1.82) is 0 Å². The highest BCUT2D eigenvalue weighted by Crippen LogP contribution is 2.28. The molecule has 0 unspecified atom stereocenters. The summed E-state index contributed by atoms with van der Waals surface area (Å²) in [6.45, 7) is 0. The maximum Gasteiger partial charge on any atom is 0.151 e. The van der Waals surface area contributed by atoms with E-state index in [-0.39, 0.29) is 0 Å². The second-order valence-electron chi connectivity index (χ2n) is 3.51. The van der Waals surface area contributed by atoms with E-state index in [1.807, 2.05) is 0 Å². The highest BCUT2D eigenvalue weighted by molar-refractivity contribution is 6.33. The van der Waals surface area contributed by atoms with Crippen LogP contribution in [0.5, 0.6) is 5.75 Å². The lowest BCUT2D eigenvalue weighted by atomic mass is 10.3. The Labute approximate surface area is 110 Å². The van der Waals surface area contributed by atoms with E-state index < -0.39 is 0 Å². The van der Waals surface area contributed by atoms with Gasteiger partial charge in [0.25, 0.3) is 0 Å². The van der Waals surface area contributed by atoms with Crippen molar-refractivity contribution < 1.29 is 4.74 Å². The third-order valence-electron chi connectivity index (χ3n) is 2.33. The monoisotopic (exact) mass is 264 g/mol. The van der Waals surface area contributed by atoms with Gasteiger partial charge in [0.1, 0.15) is 11.6 Å². The first-order valence-electron chi connectivity index (χ1n) is 5.33. The number of aromatic nitrogens is 2. The molecule has 6 heteroatoms. The Bertz CT molecular complexity index is 547. The molecule has 0 spiro atoms. The van der Waals surface area contributed by atoms with E-state index in [4.69, 9.17) is 16.3 Å². The molecule has 0 aliphatic rings. The Morgan fingerprint density at radius 3 is 2.72 bits per heavy atom. The summed E-state index contributed by atoms with van der Waals surface area (Å²) in [4.78, 5) is 8.36. The molecule has 1 heterocycles. The summed E-state index contributed by atoms with van der Waals surface area (Å²) in [6, 6.07) is 5.36. The molecule has 0 aliphatic heterocycles. The van der Waals surface area contributed by atoms with Crippen LogP contribution in [0.2, 0.25) is 5.02 Å². The van der Waals surface area contributed by atoms with Crippen LogP contribution in [0.25, 0.3) is 0 Å². The largest absolute Gasteiger partial charge is 0.497 e. The van der Waals surface area contributed by atoms with Gasteiger partial charge in [-0.1, -0.05) is 11.6 Å². The first-order valence-corrected chi connectivity index (χ1v) is 5.71. The summed E-state index contributed by atoms with van der Waals surface area (Å²) < 4.78 is 5.15. The fourth-order valence-corrected chi connectivity index (χ4v) is 1.58. The minimum Gasteiger partial charge on any atom is -0.497 e. The van der Waals surface area contributed by atoms with Crippen LogP contribution in [0.3, 0.4) is 0 Å². The second kappa shape index (κ2) is 5.55. The Balaban J connectivity index is 2.27. The SMILES string of the molecule is CNc1cncc(Nc2cc(OC)ccc2Cl)n1. The van der Waals surface area contributed by atoms with Gasteiger partial charge in [0.15, 0.2) is 5.82 Å². The molecule has 1 aromatic heterocycles. The number of hydrogen-bond donors (Lipinski definition) is 2. The van der Waals surface area contributed by atoms with Crippen molar-refractivity contribution in [1.82, 2.24) is 9.97 Å². The van der Waals surface area contributed by atoms with Crippen LogP contribution >= 0.6 is 11.6 Å². The van der Waals surface area contributed by atoms with Crippen molar-refractivity contribution in [3.05, 3.63) is 35.6 Å². The van der Waals surface area contributed by atoms with Crippen LogP contribution in [-0.4, -0.2) is 24.1 Å². The van der Waals surface area contributed by atoms with Gasteiger partial charge in [-0.25, -0.2) is 4.98 Å². The molecule has 94 valence electrons. The number of nitrogens with zero attached hydrogens (tertiary/aromatic N) is 2. The maximum absolute atomic E-state index is 6.09. The van der Waals surface area contributed by atoms with Crippen molar-refractivity contribution in [2.75, 3.05) is 24.8 Å².